The van der Waals surface area contributed by atoms with Gasteiger partial charge in [-0.15, -0.1) is 0 Å². The Morgan fingerprint density at radius 2 is 1.64 bits per heavy atom. The third-order valence-electron chi connectivity index (χ3n) is 6.03. The molecule has 1 atom stereocenters. The van der Waals surface area contributed by atoms with Crippen LogP contribution in [0.1, 0.15) is 12.8 Å². The van der Waals surface area contributed by atoms with Crippen molar-refractivity contribution in [3.63, 3.8) is 0 Å². The number of aliphatic hydroxyl groups is 2. The molecular formula is C26H24FN3O2S. The van der Waals surface area contributed by atoms with Gasteiger partial charge in [0.05, 0.1) is 10.6 Å². The fourth-order valence-corrected chi connectivity index (χ4v) is 5.34. The van der Waals surface area contributed by atoms with Crippen LogP contribution in [0.15, 0.2) is 73.1 Å². The molecule has 2 aromatic carbocycles. The molecule has 7 heteroatoms. The van der Waals surface area contributed by atoms with Crippen molar-refractivity contribution in [2.24, 2.45) is 5.92 Å². The second-order valence-corrected chi connectivity index (χ2v) is 9.24. The Morgan fingerprint density at radius 3 is 2.30 bits per heavy atom. The van der Waals surface area contributed by atoms with Gasteiger partial charge in [-0.1, -0.05) is 53.8 Å². The quantitative estimate of drug-likeness (QED) is 0.400. The number of halogens is 1. The van der Waals surface area contributed by atoms with E-state index < -0.39 is 6.29 Å². The minimum atomic E-state index is -1.32. The van der Waals surface area contributed by atoms with Gasteiger partial charge in [0.15, 0.2) is 11.4 Å². The van der Waals surface area contributed by atoms with Gasteiger partial charge in [-0.3, -0.25) is 4.98 Å². The Hall–Kier alpha value is -3.13. The van der Waals surface area contributed by atoms with Crippen LogP contribution < -0.4 is 4.90 Å². The Balaban J connectivity index is 1.51. The largest absolute Gasteiger partial charge is 0.368 e. The summed E-state index contributed by atoms with van der Waals surface area (Å²) in [6, 6.07) is 18.5. The van der Waals surface area contributed by atoms with Crippen molar-refractivity contribution in [2.45, 2.75) is 19.1 Å². The minimum absolute atomic E-state index is 0.178. The Morgan fingerprint density at radius 1 is 0.939 bits per heavy atom. The number of piperidine rings is 1. The van der Waals surface area contributed by atoms with Crippen molar-refractivity contribution < 1.29 is 14.6 Å². The van der Waals surface area contributed by atoms with Gasteiger partial charge < -0.3 is 15.1 Å². The maximum atomic E-state index is 13.3. The molecule has 1 saturated heterocycles. The van der Waals surface area contributed by atoms with Crippen molar-refractivity contribution in [1.29, 1.82) is 0 Å². The number of aliphatic hydroxyl groups excluding tert-OH is 1. The number of benzene rings is 2. The number of pyridine rings is 1. The van der Waals surface area contributed by atoms with Gasteiger partial charge in [0.1, 0.15) is 5.82 Å². The summed E-state index contributed by atoms with van der Waals surface area (Å²) in [4.78, 5) is 12.4. The summed E-state index contributed by atoms with van der Waals surface area (Å²) in [6.07, 6.45) is 3.97. The number of anilines is 1. The Bertz CT molecular complexity index is 1210. The lowest BCUT2D eigenvalue weighted by molar-refractivity contribution is -0.0862. The summed E-state index contributed by atoms with van der Waals surface area (Å²) in [5, 5.41) is 20.2. The minimum Gasteiger partial charge on any atom is -0.368 e. The topological polar surface area (TPSA) is 69.5 Å². The van der Waals surface area contributed by atoms with Crippen molar-refractivity contribution in [2.75, 3.05) is 18.0 Å². The average molecular weight is 462 g/mol. The first-order valence-electron chi connectivity index (χ1n) is 11.0. The average Bonchev–Trinajstić information content (AvgIpc) is 3.31. The molecule has 168 valence electrons. The molecule has 0 bridgehead atoms. The van der Waals surface area contributed by atoms with E-state index >= 15 is 0 Å². The molecule has 33 heavy (non-hydrogen) atoms. The van der Waals surface area contributed by atoms with E-state index in [0.717, 1.165) is 57.3 Å². The van der Waals surface area contributed by atoms with E-state index in [4.69, 9.17) is 4.98 Å². The smallest absolute Gasteiger partial charge is 0.186 e. The molecule has 1 aliphatic heterocycles. The van der Waals surface area contributed by atoms with Gasteiger partial charge in [0.25, 0.3) is 0 Å². The summed E-state index contributed by atoms with van der Waals surface area (Å²) >= 11 is 1.60. The van der Waals surface area contributed by atoms with E-state index in [0.29, 0.717) is 6.54 Å². The van der Waals surface area contributed by atoms with Crippen LogP contribution in [-0.4, -0.2) is 39.6 Å². The van der Waals surface area contributed by atoms with Crippen molar-refractivity contribution in [3.05, 3.63) is 78.9 Å². The molecule has 1 fully saturated rings. The number of nitrogens with zero attached hydrogens (tertiary/aromatic N) is 3. The first kappa shape index (κ1) is 21.7. The third-order valence-corrected chi connectivity index (χ3v) is 7.19. The first-order valence-corrected chi connectivity index (χ1v) is 11.8. The van der Waals surface area contributed by atoms with Gasteiger partial charge in [0.2, 0.25) is 0 Å². The molecule has 5 nitrogen and oxygen atoms in total. The zero-order valence-electron chi connectivity index (χ0n) is 17.9. The molecular weight excluding hydrogens is 437 g/mol. The highest BCUT2D eigenvalue weighted by molar-refractivity contribution is 7.19. The highest BCUT2D eigenvalue weighted by Gasteiger charge is 2.27. The lowest BCUT2D eigenvalue weighted by atomic mass is 9.98. The molecule has 2 N–H and O–H groups in total. The van der Waals surface area contributed by atoms with Crippen molar-refractivity contribution in [3.8, 4) is 32.8 Å². The van der Waals surface area contributed by atoms with E-state index in [9.17, 15) is 14.6 Å². The van der Waals surface area contributed by atoms with Crippen molar-refractivity contribution in [1.82, 2.24) is 9.97 Å². The van der Waals surface area contributed by atoms with E-state index in [1.54, 1.807) is 29.7 Å². The summed E-state index contributed by atoms with van der Waals surface area (Å²) in [6.45, 7) is 1.41. The number of rotatable bonds is 5. The van der Waals surface area contributed by atoms with Crippen LogP contribution in [-0.2, 0) is 0 Å². The van der Waals surface area contributed by atoms with Crippen molar-refractivity contribution >= 4 is 16.5 Å². The monoisotopic (exact) mass is 461 g/mol. The molecule has 3 heterocycles. The van der Waals surface area contributed by atoms with Gasteiger partial charge in [-0.05, 0) is 42.2 Å². The van der Waals surface area contributed by atoms with Crippen LogP contribution in [0.25, 0.3) is 32.8 Å². The van der Waals surface area contributed by atoms with Crippen LogP contribution >= 0.6 is 11.3 Å². The highest BCUT2D eigenvalue weighted by atomic mass is 32.1. The SMILES string of the molecule is OC(O)C1CCCN(c2nc(-c3ccc(-c4ccc(F)cc4)cc3)c(-c3cccnc3)s2)C1. The fraction of sp³-hybridized carbons (Fsp3) is 0.231. The molecule has 5 rings (SSSR count). The molecule has 0 aliphatic carbocycles. The number of hydrogen-bond donors (Lipinski definition) is 2. The van der Waals surface area contributed by atoms with Crippen LogP contribution in [0.2, 0.25) is 0 Å². The fourth-order valence-electron chi connectivity index (χ4n) is 4.22. The molecule has 0 saturated carbocycles. The lowest BCUT2D eigenvalue weighted by Crippen LogP contribution is -2.40. The predicted molar refractivity (Wildman–Crippen MR) is 129 cm³/mol. The molecule has 1 aliphatic rings. The Labute approximate surface area is 195 Å². The molecule has 2 aromatic heterocycles. The van der Waals surface area contributed by atoms with E-state index in [-0.39, 0.29) is 11.7 Å². The summed E-state index contributed by atoms with van der Waals surface area (Å²) in [5.41, 5.74) is 4.82. The summed E-state index contributed by atoms with van der Waals surface area (Å²) in [5.74, 6) is -0.428. The molecule has 4 aromatic rings. The normalized spacial score (nSPS) is 16.4. The lowest BCUT2D eigenvalue weighted by Gasteiger charge is -2.33. The van der Waals surface area contributed by atoms with Crippen LogP contribution in [0, 0.1) is 11.7 Å². The third kappa shape index (κ3) is 4.66. The molecule has 0 amide bonds. The summed E-state index contributed by atoms with van der Waals surface area (Å²) in [7, 11) is 0. The molecule has 1 unspecified atom stereocenters. The standard InChI is InChI=1S/C26H24FN3O2S/c27-22-11-9-18(10-12-22)17-5-7-19(8-6-17)23-24(20-3-1-13-28-15-20)33-26(29-23)30-14-2-4-21(16-30)25(31)32/h1,3,5-13,15,21,25,31-32H,2,4,14,16H2. The van der Waals surface area contributed by atoms with E-state index in [1.165, 1.54) is 12.1 Å². The van der Waals surface area contributed by atoms with Gasteiger partial charge in [0, 0.05) is 42.5 Å². The molecule has 0 spiro atoms. The zero-order valence-corrected chi connectivity index (χ0v) is 18.8. The van der Waals surface area contributed by atoms with Gasteiger partial charge in [-0.25, -0.2) is 9.37 Å². The van der Waals surface area contributed by atoms with Gasteiger partial charge in [-0.2, -0.15) is 0 Å². The maximum absolute atomic E-state index is 13.3. The van der Waals surface area contributed by atoms with Crippen LogP contribution in [0.3, 0.4) is 0 Å². The second kappa shape index (κ2) is 9.39. The van der Waals surface area contributed by atoms with Gasteiger partial charge >= 0.3 is 0 Å². The second-order valence-electron chi connectivity index (χ2n) is 8.26. The number of hydrogen-bond acceptors (Lipinski definition) is 6. The first-order chi connectivity index (χ1) is 16.1. The van der Waals surface area contributed by atoms with Crippen LogP contribution in [0.5, 0.6) is 0 Å². The van der Waals surface area contributed by atoms with Crippen LogP contribution in [0.4, 0.5) is 9.52 Å². The number of thiazole rings is 1. The molecule has 0 radical (unpaired) electrons. The highest BCUT2D eigenvalue weighted by Crippen LogP contribution is 2.41. The predicted octanol–water partition coefficient (Wildman–Crippen LogP) is 5.21. The summed E-state index contributed by atoms with van der Waals surface area (Å²) < 4.78 is 13.3. The van der Waals surface area contributed by atoms with E-state index in [2.05, 4.69) is 9.88 Å². The Kier molecular flexibility index (Phi) is 6.17. The maximum Gasteiger partial charge on any atom is 0.186 e. The zero-order chi connectivity index (χ0) is 22.8. The van der Waals surface area contributed by atoms with E-state index in [1.807, 2.05) is 42.6 Å². The number of aromatic nitrogens is 2.